The lowest BCUT2D eigenvalue weighted by molar-refractivity contribution is 0.102. The van der Waals surface area contributed by atoms with Crippen LogP contribution >= 0.6 is 0 Å². The van der Waals surface area contributed by atoms with Crippen LogP contribution in [0.25, 0.3) is 11.1 Å². The van der Waals surface area contributed by atoms with Crippen molar-refractivity contribution in [1.29, 1.82) is 0 Å². The quantitative estimate of drug-likeness (QED) is 0.731. The molecule has 138 valence electrons. The monoisotopic (exact) mass is 380 g/mol. The van der Waals surface area contributed by atoms with Crippen molar-refractivity contribution in [3.63, 3.8) is 0 Å². The van der Waals surface area contributed by atoms with Gasteiger partial charge < -0.3 is 5.32 Å². The van der Waals surface area contributed by atoms with Crippen LogP contribution in [0, 0.1) is 0 Å². The second-order valence-electron chi connectivity index (χ2n) is 6.18. The summed E-state index contributed by atoms with van der Waals surface area (Å²) in [7, 11) is -0.541. The van der Waals surface area contributed by atoms with Gasteiger partial charge in [0.1, 0.15) is 0 Å². The van der Waals surface area contributed by atoms with Crippen molar-refractivity contribution in [3.8, 4) is 11.1 Å². The molecule has 0 heterocycles. The molecule has 1 amide bonds. The molecule has 0 spiro atoms. The zero-order valence-electron chi connectivity index (χ0n) is 15.1. The Kier molecular flexibility index (Phi) is 5.39. The summed E-state index contributed by atoms with van der Waals surface area (Å²) >= 11 is 0. The molecule has 0 fully saturated rings. The van der Waals surface area contributed by atoms with E-state index in [2.05, 4.69) is 5.32 Å². The van der Waals surface area contributed by atoms with E-state index in [4.69, 9.17) is 0 Å². The van der Waals surface area contributed by atoms with Gasteiger partial charge in [0.15, 0.2) is 0 Å². The third-order valence-electron chi connectivity index (χ3n) is 4.15. The van der Waals surface area contributed by atoms with Gasteiger partial charge >= 0.3 is 0 Å². The highest BCUT2D eigenvalue weighted by Gasteiger charge is 2.17. The molecular formula is C21H20N2O3S. The number of carbonyl (C=O) groups excluding carboxylic acids is 1. The van der Waals surface area contributed by atoms with Crippen molar-refractivity contribution >= 4 is 21.6 Å². The van der Waals surface area contributed by atoms with Crippen LogP contribution in [0.5, 0.6) is 0 Å². The highest BCUT2D eigenvalue weighted by atomic mass is 32.2. The Morgan fingerprint density at radius 1 is 0.815 bits per heavy atom. The summed E-state index contributed by atoms with van der Waals surface area (Å²) in [4.78, 5) is 12.9. The number of sulfonamides is 1. The molecule has 3 aromatic carbocycles. The minimum Gasteiger partial charge on any atom is -0.322 e. The number of nitrogens with one attached hydrogen (secondary N) is 1. The number of hydrogen-bond donors (Lipinski definition) is 1. The summed E-state index contributed by atoms with van der Waals surface area (Å²) in [6, 6.07) is 23.2. The molecule has 0 aliphatic rings. The summed E-state index contributed by atoms with van der Waals surface area (Å²) in [6.45, 7) is 0. The first-order chi connectivity index (χ1) is 12.9. The smallest absolute Gasteiger partial charge is 0.256 e. The van der Waals surface area contributed by atoms with Crippen LogP contribution < -0.4 is 5.32 Å². The van der Waals surface area contributed by atoms with Gasteiger partial charge in [-0.25, -0.2) is 12.7 Å². The molecule has 0 saturated heterocycles. The molecule has 3 rings (SSSR count). The van der Waals surface area contributed by atoms with Crippen LogP contribution in [-0.2, 0) is 10.0 Å². The number of anilines is 1. The molecule has 0 aliphatic heterocycles. The number of hydrogen-bond acceptors (Lipinski definition) is 3. The predicted molar refractivity (Wildman–Crippen MR) is 107 cm³/mol. The minimum atomic E-state index is -3.50. The molecule has 0 radical (unpaired) electrons. The first-order valence-electron chi connectivity index (χ1n) is 8.38. The molecule has 6 heteroatoms. The molecule has 0 bridgehead atoms. The van der Waals surface area contributed by atoms with Crippen molar-refractivity contribution in [1.82, 2.24) is 4.31 Å². The van der Waals surface area contributed by atoms with Crippen LogP contribution in [0.1, 0.15) is 10.4 Å². The van der Waals surface area contributed by atoms with Gasteiger partial charge in [0.2, 0.25) is 10.0 Å². The summed E-state index contributed by atoms with van der Waals surface area (Å²) in [6.07, 6.45) is 0. The Morgan fingerprint density at radius 2 is 1.41 bits per heavy atom. The molecule has 0 saturated carbocycles. The fourth-order valence-electron chi connectivity index (χ4n) is 2.67. The number of nitrogens with zero attached hydrogens (tertiary/aromatic N) is 1. The maximum Gasteiger partial charge on any atom is 0.256 e. The zero-order chi connectivity index (χ0) is 19.4. The van der Waals surface area contributed by atoms with Gasteiger partial charge in [-0.1, -0.05) is 48.5 Å². The Bertz CT molecular complexity index is 1040. The van der Waals surface area contributed by atoms with Crippen LogP contribution in [0.3, 0.4) is 0 Å². The molecule has 5 nitrogen and oxygen atoms in total. The first-order valence-corrected chi connectivity index (χ1v) is 9.82. The van der Waals surface area contributed by atoms with Crippen molar-refractivity contribution in [2.24, 2.45) is 0 Å². The van der Waals surface area contributed by atoms with Crippen molar-refractivity contribution < 1.29 is 13.2 Å². The highest BCUT2D eigenvalue weighted by Crippen LogP contribution is 2.24. The Morgan fingerprint density at radius 3 is 2.04 bits per heavy atom. The number of amides is 1. The van der Waals surface area contributed by atoms with Crippen molar-refractivity contribution in [2.75, 3.05) is 19.4 Å². The standard InChI is InChI=1S/C21H20N2O3S/c1-23(2)27(25,26)18-14-12-17(13-15-18)22-21(24)20-11-7-6-10-19(20)16-8-4-3-5-9-16/h3-15H,1-2H3,(H,22,24). The van der Waals surface area contributed by atoms with Crippen molar-refractivity contribution in [2.45, 2.75) is 4.90 Å². The Labute approximate surface area is 159 Å². The van der Waals surface area contributed by atoms with Crippen LogP contribution in [0.4, 0.5) is 5.69 Å². The van der Waals surface area contributed by atoms with E-state index in [1.165, 1.54) is 26.2 Å². The third kappa shape index (κ3) is 4.07. The van der Waals surface area contributed by atoms with Crippen molar-refractivity contribution in [3.05, 3.63) is 84.4 Å². The van der Waals surface area contributed by atoms with Crippen LogP contribution in [0.2, 0.25) is 0 Å². The van der Waals surface area contributed by atoms with Crippen LogP contribution in [-0.4, -0.2) is 32.7 Å². The molecule has 1 N–H and O–H groups in total. The van der Waals surface area contributed by atoms with E-state index in [1.807, 2.05) is 48.5 Å². The average molecular weight is 380 g/mol. The van der Waals surface area contributed by atoms with E-state index in [9.17, 15) is 13.2 Å². The Hall–Kier alpha value is -2.96. The van der Waals surface area contributed by atoms with E-state index in [1.54, 1.807) is 18.2 Å². The number of rotatable bonds is 5. The molecular weight excluding hydrogens is 360 g/mol. The molecule has 0 aromatic heterocycles. The number of carbonyl (C=O) groups is 1. The van der Waals surface area contributed by atoms with E-state index in [-0.39, 0.29) is 10.8 Å². The Balaban J connectivity index is 1.85. The van der Waals surface area contributed by atoms with E-state index in [0.29, 0.717) is 11.3 Å². The maximum absolute atomic E-state index is 12.8. The molecule has 0 aliphatic carbocycles. The van der Waals surface area contributed by atoms with Crippen LogP contribution in [0.15, 0.2) is 83.8 Å². The van der Waals surface area contributed by atoms with Gasteiger partial charge in [0, 0.05) is 25.3 Å². The lowest BCUT2D eigenvalue weighted by atomic mass is 9.99. The molecule has 0 atom stereocenters. The van der Waals surface area contributed by atoms with Gasteiger partial charge in [-0.2, -0.15) is 0 Å². The molecule has 0 unspecified atom stereocenters. The van der Waals surface area contributed by atoms with E-state index < -0.39 is 10.0 Å². The first kappa shape index (κ1) is 18.8. The fourth-order valence-corrected chi connectivity index (χ4v) is 3.57. The molecule has 3 aromatic rings. The van der Waals surface area contributed by atoms with E-state index >= 15 is 0 Å². The lowest BCUT2D eigenvalue weighted by Gasteiger charge is -2.13. The van der Waals surface area contributed by atoms with Gasteiger partial charge in [-0.3, -0.25) is 4.79 Å². The largest absolute Gasteiger partial charge is 0.322 e. The summed E-state index contributed by atoms with van der Waals surface area (Å²) in [5.41, 5.74) is 2.87. The maximum atomic E-state index is 12.8. The third-order valence-corrected chi connectivity index (χ3v) is 5.98. The van der Waals surface area contributed by atoms with Gasteiger partial charge in [-0.15, -0.1) is 0 Å². The SMILES string of the molecule is CN(C)S(=O)(=O)c1ccc(NC(=O)c2ccccc2-c2ccccc2)cc1. The predicted octanol–water partition coefficient (Wildman–Crippen LogP) is 3.86. The zero-order valence-corrected chi connectivity index (χ0v) is 15.9. The topological polar surface area (TPSA) is 66.5 Å². The second kappa shape index (κ2) is 7.73. The normalized spacial score (nSPS) is 11.4. The average Bonchev–Trinajstić information content (AvgIpc) is 2.69. The second-order valence-corrected chi connectivity index (χ2v) is 8.33. The summed E-state index contributed by atoms with van der Waals surface area (Å²) < 4.78 is 25.4. The van der Waals surface area contributed by atoms with Gasteiger partial charge in [0.05, 0.1) is 4.90 Å². The summed E-state index contributed by atoms with van der Waals surface area (Å²) in [5.74, 6) is -0.252. The van der Waals surface area contributed by atoms with E-state index in [0.717, 1.165) is 15.4 Å². The number of benzene rings is 3. The molecule has 27 heavy (non-hydrogen) atoms. The van der Waals surface area contributed by atoms with Gasteiger partial charge in [-0.05, 0) is 41.5 Å². The van der Waals surface area contributed by atoms with Gasteiger partial charge in [0.25, 0.3) is 5.91 Å². The highest BCUT2D eigenvalue weighted by molar-refractivity contribution is 7.89. The fraction of sp³-hybridized carbons (Fsp3) is 0.0952. The lowest BCUT2D eigenvalue weighted by Crippen LogP contribution is -2.22. The summed E-state index contributed by atoms with van der Waals surface area (Å²) in [5, 5.41) is 2.83. The minimum absolute atomic E-state index is 0.176.